The number of ketones is 1. The Bertz CT molecular complexity index is 1400. The fraction of sp³-hybridized carbons (Fsp3) is 0.241. The molecule has 4 rings (SSSR count). The second-order valence-electron chi connectivity index (χ2n) is 8.50. The van der Waals surface area contributed by atoms with Crippen LogP contribution in [0, 0.1) is 0 Å². The summed E-state index contributed by atoms with van der Waals surface area (Å²) in [6.45, 7) is -0.0110. The van der Waals surface area contributed by atoms with E-state index in [1.54, 1.807) is 67.8 Å². The van der Waals surface area contributed by atoms with Gasteiger partial charge in [0.1, 0.15) is 17.2 Å². The number of methoxy groups -OCH3 is 5. The minimum absolute atomic E-state index is 0.0110. The molecule has 1 N–H and O–H groups in total. The van der Waals surface area contributed by atoms with Crippen molar-refractivity contribution in [3.05, 3.63) is 89.2 Å². The highest BCUT2D eigenvalue weighted by Crippen LogP contribution is 2.45. The molecule has 0 bridgehead atoms. The number of carbonyl (C=O) groups excluding carboxylic acids is 2. The number of hydrogen-bond donors (Lipinski definition) is 1. The van der Waals surface area contributed by atoms with Crippen molar-refractivity contribution in [3.63, 3.8) is 0 Å². The van der Waals surface area contributed by atoms with E-state index < -0.39 is 23.0 Å². The summed E-state index contributed by atoms with van der Waals surface area (Å²) in [6, 6.07) is 16.9. The molecule has 0 spiro atoms. The number of amides is 1. The maximum absolute atomic E-state index is 14.6. The Labute approximate surface area is 220 Å². The molecule has 38 heavy (non-hydrogen) atoms. The van der Waals surface area contributed by atoms with E-state index >= 15 is 0 Å². The van der Waals surface area contributed by atoms with Crippen molar-refractivity contribution in [1.82, 2.24) is 4.90 Å². The van der Waals surface area contributed by atoms with Gasteiger partial charge >= 0.3 is 0 Å². The summed E-state index contributed by atoms with van der Waals surface area (Å²) in [5.41, 5.74) is -0.527. The zero-order valence-electron chi connectivity index (χ0n) is 21.8. The van der Waals surface area contributed by atoms with Gasteiger partial charge in [-0.15, -0.1) is 0 Å². The number of rotatable bonds is 10. The molecule has 3 aromatic rings. The molecule has 0 saturated heterocycles. The second kappa shape index (κ2) is 10.8. The molecule has 9 heteroatoms. The summed E-state index contributed by atoms with van der Waals surface area (Å²) in [7, 11) is 7.45. The van der Waals surface area contributed by atoms with Gasteiger partial charge < -0.3 is 33.7 Å². The quantitative estimate of drug-likeness (QED) is 0.396. The molecule has 1 aliphatic heterocycles. The second-order valence-corrected chi connectivity index (χ2v) is 8.50. The van der Waals surface area contributed by atoms with Crippen molar-refractivity contribution in [1.29, 1.82) is 0 Å². The lowest BCUT2D eigenvalue weighted by atomic mass is 9.81. The highest BCUT2D eigenvalue weighted by molar-refractivity contribution is 6.13. The van der Waals surface area contributed by atoms with Crippen molar-refractivity contribution >= 4 is 11.7 Å². The molecular formula is C29H29NO8. The average molecular weight is 520 g/mol. The molecule has 1 amide bonds. The number of benzene rings is 3. The largest absolute Gasteiger partial charge is 0.503 e. The van der Waals surface area contributed by atoms with Crippen molar-refractivity contribution < 1.29 is 38.4 Å². The molecule has 0 fully saturated rings. The first-order valence-corrected chi connectivity index (χ1v) is 11.7. The van der Waals surface area contributed by atoms with Gasteiger partial charge in [-0.05, 0) is 53.6 Å². The maximum Gasteiger partial charge on any atom is 0.290 e. The Morgan fingerprint density at radius 2 is 1.45 bits per heavy atom. The first kappa shape index (κ1) is 26.4. The maximum atomic E-state index is 14.6. The van der Waals surface area contributed by atoms with Crippen molar-refractivity contribution in [3.8, 4) is 28.7 Å². The number of nitrogens with zero attached hydrogens (tertiary/aromatic N) is 1. The molecule has 198 valence electrons. The summed E-state index contributed by atoms with van der Waals surface area (Å²) in [5, 5.41) is 10.8. The van der Waals surface area contributed by atoms with Gasteiger partial charge in [-0.2, -0.15) is 0 Å². The smallest absolute Gasteiger partial charge is 0.290 e. The number of hydrogen-bond acceptors (Lipinski definition) is 8. The van der Waals surface area contributed by atoms with Crippen LogP contribution in [-0.2, 0) is 16.9 Å². The monoisotopic (exact) mass is 519 g/mol. The first-order chi connectivity index (χ1) is 18.3. The van der Waals surface area contributed by atoms with Crippen LogP contribution in [0.2, 0.25) is 0 Å². The number of carbonyl (C=O) groups is 2. The van der Waals surface area contributed by atoms with Crippen LogP contribution in [0.1, 0.15) is 21.5 Å². The van der Waals surface area contributed by atoms with E-state index in [9.17, 15) is 14.7 Å². The van der Waals surface area contributed by atoms with Crippen molar-refractivity contribution in [2.45, 2.75) is 12.1 Å². The SMILES string of the molecule is COc1cccc(CN2C(=O)C(O)=CC2(C(=O)c2cc(OC)ccc2OC)c2ccc(OC)c(OC)c2)c1. The van der Waals surface area contributed by atoms with Crippen LogP contribution < -0.4 is 23.7 Å². The highest BCUT2D eigenvalue weighted by atomic mass is 16.5. The number of aliphatic hydroxyl groups excluding tert-OH is 1. The summed E-state index contributed by atoms with van der Waals surface area (Å²) >= 11 is 0. The predicted molar refractivity (Wildman–Crippen MR) is 139 cm³/mol. The minimum Gasteiger partial charge on any atom is -0.503 e. The van der Waals surface area contributed by atoms with Crippen LogP contribution in [0.4, 0.5) is 0 Å². The molecule has 1 aliphatic rings. The molecule has 1 heterocycles. The molecule has 0 radical (unpaired) electrons. The molecule has 0 aliphatic carbocycles. The van der Waals surface area contributed by atoms with Gasteiger partial charge in [0, 0.05) is 12.6 Å². The Balaban J connectivity index is 1.99. The van der Waals surface area contributed by atoms with Gasteiger partial charge in [0.2, 0.25) is 5.78 Å². The molecule has 1 atom stereocenters. The first-order valence-electron chi connectivity index (χ1n) is 11.7. The fourth-order valence-electron chi connectivity index (χ4n) is 4.61. The standard InChI is InChI=1S/C29H29NO8/c1-34-20-8-6-7-18(13-20)17-30-28(33)23(31)16-29(30,19-9-11-25(37-4)26(14-19)38-5)27(32)22-15-21(35-2)10-12-24(22)36-3/h6-16,31H,17H2,1-5H3. The predicted octanol–water partition coefficient (Wildman–Crippen LogP) is 4.29. The van der Waals surface area contributed by atoms with Crippen molar-refractivity contribution in [2.24, 2.45) is 0 Å². The van der Waals surface area contributed by atoms with Gasteiger partial charge in [-0.25, -0.2) is 0 Å². The lowest BCUT2D eigenvalue weighted by molar-refractivity contribution is -0.131. The number of aliphatic hydroxyl groups is 1. The Hall–Kier alpha value is -4.66. The molecule has 3 aromatic carbocycles. The van der Waals surface area contributed by atoms with E-state index in [-0.39, 0.29) is 17.9 Å². The zero-order valence-corrected chi connectivity index (χ0v) is 21.8. The van der Waals surface area contributed by atoms with Crippen LogP contribution in [0.15, 0.2) is 72.5 Å². The lowest BCUT2D eigenvalue weighted by Gasteiger charge is -2.37. The molecule has 1 unspecified atom stereocenters. The van der Waals surface area contributed by atoms with Gasteiger partial charge in [0.25, 0.3) is 5.91 Å². The number of Topliss-reactive ketones (excluding diaryl/α,β-unsaturated/α-hetero) is 1. The summed E-state index contributed by atoms with van der Waals surface area (Å²) in [4.78, 5) is 29.4. The molecule has 0 saturated carbocycles. The average Bonchev–Trinajstić information content (AvgIpc) is 3.21. The summed E-state index contributed by atoms with van der Waals surface area (Å²) in [6.07, 6.45) is 1.26. The molecule has 0 aromatic heterocycles. The Morgan fingerprint density at radius 1 is 0.789 bits per heavy atom. The van der Waals surface area contributed by atoms with Crippen LogP contribution in [-0.4, -0.2) is 57.2 Å². The fourth-order valence-corrected chi connectivity index (χ4v) is 4.61. The number of ether oxygens (including phenoxy) is 5. The van der Waals surface area contributed by atoms with Gasteiger partial charge in [0.05, 0.1) is 41.1 Å². The normalized spacial score (nSPS) is 16.6. The van der Waals surface area contributed by atoms with E-state index in [1.165, 1.54) is 39.4 Å². The lowest BCUT2D eigenvalue weighted by Crippen LogP contribution is -2.49. The Morgan fingerprint density at radius 3 is 2.11 bits per heavy atom. The summed E-state index contributed by atoms with van der Waals surface area (Å²) in [5.74, 6) is 0.302. The highest BCUT2D eigenvalue weighted by Gasteiger charge is 2.53. The van der Waals surface area contributed by atoms with E-state index in [2.05, 4.69) is 0 Å². The Kier molecular flexibility index (Phi) is 7.47. The van der Waals surface area contributed by atoms with Gasteiger partial charge in [0.15, 0.2) is 22.8 Å². The minimum atomic E-state index is -1.76. The van der Waals surface area contributed by atoms with E-state index in [0.29, 0.717) is 34.1 Å². The van der Waals surface area contributed by atoms with Crippen LogP contribution in [0.3, 0.4) is 0 Å². The van der Waals surface area contributed by atoms with Crippen LogP contribution in [0.5, 0.6) is 28.7 Å². The molecule has 9 nitrogen and oxygen atoms in total. The third kappa shape index (κ3) is 4.47. The van der Waals surface area contributed by atoms with Crippen LogP contribution >= 0.6 is 0 Å². The summed E-state index contributed by atoms with van der Waals surface area (Å²) < 4.78 is 27.1. The zero-order chi connectivity index (χ0) is 27.4. The van der Waals surface area contributed by atoms with Gasteiger partial charge in [-0.1, -0.05) is 18.2 Å². The van der Waals surface area contributed by atoms with E-state index in [4.69, 9.17) is 23.7 Å². The third-order valence-corrected chi connectivity index (χ3v) is 6.53. The molecular weight excluding hydrogens is 490 g/mol. The topological polar surface area (TPSA) is 104 Å². The van der Waals surface area contributed by atoms with Gasteiger partial charge in [-0.3, -0.25) is 9.59 Å². The van der Waals surface area contributed by atoms with Crippen molar-refractivity contribution in [2.75, 3.05) is 35.5 Å². The van der Waals surface area contributed by atoms with E-state index in [1.807, 2.05) is 0 Å². The van der Waals surface area contributed by atoms with E-state index in [0.717, 1.165) is 0 Å². The third-order valence-electron chi connectivity index (χ3n) is 6.53. The van der Waals surface area contributed by atoms with Crippen LogP contribution in [0.25, 0.3) is 0 Å².